The van der Waals surface area contributed by atoms with Crippen LogP contribution in [0.5, 0.6) is 0 Å². The van der Waals surface area contributed by atoms with Crippen molar-refractivity contribution in [3.63, 3.8) is 0 Å². The van der Waals surface area contributed by atoms with Crippen molar-refractivity contribution < 1.29 is 9.90 Å². The van der Waals surface area contributed by atoms with Crippen LogP contribution in [-0.2, 0) is 4.79 Å². The van der Waals surface area contributed by atoms with Gasteiger partial charge in [0.2, 0.25) is 0 Å². The van der Waals surface area contributed by atoms with Crippen LogP contribution >= 0.6 is 0 Å². The van der Waals surface area contributed by atoms with Gasteiger partial charge in [-0.25, -0.2) is 4.79 Å². The number of anilines is 1. The van der Waals surface area contributed by atoms with Gasteiger partial charge in [0.25, 0.3) is 0 Å². The van der Waals surface area contributed by atoms with Gasteiger partial charge in [-0.2, -0.15) is 0 Å². The van der Waals surface area contributed by atoms with Gasteiger partial charge < -0.3 is 10.0 Å². The summed E-state index contributed by atoms with van der Waals surface area (Å²) in [5, 5.41) is 8.59. The molecule has 1 N–H and O–H groups in total. The standard InChI is InChI=1S/C16H21NO2/c1-2-17(12-14-4-3-5-14)15-9-6-13(7-10-15)8-11-16(18)19/h6-11,14H,2-5,12H2,1H3,(H,18,19)/b11-8+. The normalized spacial score (nSPS) is 15.4. The number of rotatable bonds is 6. The first-order valence-electron chi connectivity index (χ1n) is 6.95. The van der Waals surface area contributed by atoms with E-state index in [1.165, 1.54) is 31.0 Å². The van der Waals surface area contributed by atoms with Crippen molar-refractivity contribution >= 4 is 17.7 Å². The average molecular weight is 259 g/mol. The maximum absolute atomic E-state index is 10.5. The minimum absolute atomic E-state index is 0.853. The Morgan fingerprint density at radius 1 is 1.37 bits per heavy atom. The van der Waals surface area contributed by atoms with Crippen molar-refractivity contribution in [3.05, 3.63) is 35.9 Å². The highest BCUT2D eigenvalue weighted by atomic mass is 16.4. The lowest BCUT2D eigenvalue weighted by molar-refractivity contribution is -0.131. The summed E-state index contributed by atoms with van der Waals surface area (Å²) in [6.07, 6.45) is 6.88. The zero-order valence-electron chi connectivity index (χ0n) is 11.4. The summed E-state index contributed by atoms with van der Waals surface area (Å²) in [6, 6.07) is 8.09. The molecule has 3 nitrogen and oxygen atoms in total. The van der Waals surface area contributed by atoms with E-state index in [2.05, 4.69) is 24.0 Å². The van der Waals surface area contributed by atoms with Crippen molar-refractivity contribution in [1.29, 1.82) is 0 Å². The van der Waals surface area contributed by atoms with Crippen molar-refractivity contribution in [3.8, 4) is 0 Å². The molecule has 1 aromatic carbocycles. The van der Waals surface area contributed by atoms with Crippen LogP contribution in [0.1, 0.15) is 31.7 Å². The van der Waals surface area contributed by atoms with Crippen LogP contribution in [0.4, 0.5) is 5.69 Å². The Labute approximate surface area is 114 Å². The van der Waals surface area contributed by atoms with Crippen molar-refractivity contribution in [2.75, 3.05) is 18.0 Å². The van der Waals surface area contributed by atoms with Crippen molar-refractivity contribution in [1.82, 2.24) is 0 Å². The van der Waals surface area contributed by atoms with Gasteiger partial charge in [-0.3, -0.25) is 0 Å². The molecule has 0 amide bonds. The first-order chi connectivity index (χ1) is 9.19. The second-order valence-electron chi connectivity index (χ2n) is 5.10. The van der Waals surface area contributed by atoms with E-state index in [9.17, 15) is 4.79 Å². The summed E-state index contributed by atoms with van der Waals surface area (Å²) < 4.78 is 0. The molecule has 0 aromatic heterocycles. The summed E-state index contributed by atoms with van der Waals surface area (Å²) in [7, 11) is 0. The van der Waals surface area contributed by atoms with Crippen LogP contribution in [0.25, 0.3) is 6.08 Å². The molecule has 1 saturated carbocycles. The number of hydrogen-bond donors (Lipinski definition) is 1. The third kappa shape index (κ3) is 3.85. The summed E-state index contributed by atoms with van der Waals surface area (Å²) in [5.74, 6) is -0.0595. The zero-order valence-corrected chi connectivity index (χ0v) is 11.4. The SMILES string of the molecule is CCN(CC1CCC1)c1ccc(/C=C/C(=O)O)cc1. The average Bonchev–Trinajstić information content (AvgIpc) is 2.36. The Balaban J connectivity index is 2.00. The highest BCUT2D eigenvalue weighted by Gasteiger charge is 2.20. The highest BCUT2D eigenvalue weighted by molar-refractivity contribution is 5.85. The number of carboxylic acid groups (broad SMARTS) is 1. The van der Waals surface area contributed by atoms with Crippen LogP contribution < -0.4 is 4.90 Å². The number of benzene rings is 1. The van der Waals surface area contributed by atoms with E-state index in [4.69, 9.17) is 5.11 Å². The molecular weight excluding hydrogens is 238 g/mol. The van der Waals surface area contributed by atoms with E-state index in [1.54, 1.807) is 6.08 Å². The molecule has 0 unspecified atom stereocenters. The third-order valence-electron chi connectivity index (χ3n) is 3.76. The second kappa shape index (κ2) is 6.41. The molecule has 1 fully saturated rings. The predicted octanol–water partition coefficient (Wildman–Crippen LogP) is 3.41. The van der Waals surface area contributed by atoms with E-state index >= 15 is 0 Å². The zero-order chi connectivity index (χ0) is 13.7. The molecule has 0 spiro atoms. The van der Waals surface area contributed by atoms with E-state index in [-0.39, 0.29) is 0 Å². The highest BCUT2D eigenvalue weighted by Crippen LogP contribution is 2.29. The lowest BCUT2D eigenvalue weighted by Gasteiger charge is -2.33. The summed E-state index contributed by atoms with van der Waals surface area (Å²) >= 11 is 0. The van der Waals surface area contributed by atoms with Gasteiger partial charge in [-0.1, -0.05) is 18.6 Å². The van der Waals surface area contributed by atoms with E-state index in [0.29, 0.717) is 0 Å². The number of carbonyl (C=O) groups is 1. The number of aliphatic carboxylic acids is 1. The Morgan fingerprint density at radius 3 is 2.53 bits per heavy atom. The van der Waals surface area contributed by atoms with Gasteiger partial charge in [0.15, 0.2) is 0 Å². The summed E-state index contributed by atoms with van der Waals surface area (Å²) in [4.78, 5) is 12.9. The fourth-order valence-electron chi connectivity index (χ4n) is 2.37. The smallest absolute Gasteiger partial charge is 0.328 e. The molecule has 1 aromatic rings. The Kier molecular flexibility index (Phi) is 4.61. The van der Waals surface area contributed by atoms with Crippen LogP contribution in [0.2, 0.25) is 0 Å². The number of nitrogens with zero attached hydrogens (tertiary/aromatic N) is 1. The summed E-state index contributed by atoms with van der Waals surface area (Å²) in [5.41, 5.74) is 2.15. The molecule has 19 heavy (non-hydrogen) atoms. The molecule has 1 aliphatic carbocycles. The number of hydrogen-bond acceptors (Lipinski definition) is 2. The molecule has 102 valence electrons. The van der Waals surface area contributed by atoms with Gasteiger partial charge in [0.1, 0.15) is 0 Å². The summed E-state index contributed by atoms with van der Waals surface area (Å²) in [6.45, 7) is 4.33. The van der Waals surface area contributed by atoms with E-state index in [0.717, 1.165) is 24.6 Å². The fourth-order valence-corrected chi connectivity index (χ4v) is 2.37. The lowest BCUT2D eigenvalue weighted by Crippen LogP contribution is -2.32. The molecular formula is C16H21NO2. The van der Waals surface area contributed by atoms with E-state index in [1.807, 2.05) is 12.1 Å². The molecule has 3 heteroatoms. The Hall–Kier alpha value is -1.77. The first-order valence-corrected chi connectivity index (χ1v) is 6.95. The maximum atomic E-state index is 10.5. The van der Waals surface area contributed by atoms with Crippen LogP contribution in [0.15, 0.2) is 30.3 Å². The number of carboxylic acids is 1. The minimum atomic E-state index is -0.913. The monoisotopic (exact) mass is 259 g/mol. The predicted molar refractivity (Wildman–Crippen MR) is 78.3 cm³/mol. The van der Waals surface area contributed by atoms with Gasteiger partial charge in [0, 0.05) is 24.9 Å². The van der Waals surface area contributed by atoms with Gasteiger partial charge >= 0.3 is 5.97 Å². The van der Waals surface area contributed by atoms with Gasteiger partial charge in [-0.15, -0.1) is 0 Å². The largest absolute Gasteiger partial charge is 0.478 e. The first kappa shape index (κ1) is 13.7. The molecule has 0 radical (unpaired) electrons. The molecule has 0 saturated heterocycles. The molecule has 1 aliphatic rings. The maximum Gasteiger partial charge on any atom is 0.328 e. The second-order valence-corrected chi connectivity index (χ2v) is 5.10. The van der Waals surface area contributed by atoms with Gasteiger partial charge in [-0.05, 0) is 49.5 Å². The van der Waals surface area contributed by atoms with Gasteiger partial charge in [0.05, 0.1) is 0 Å². The van der Waals surface area contributed by atoms with Crippen LogP contribution in [0.3, 0.4) is 0 Å². The fraction of sp³-hybridized carbons (Fsp3) is 0.438. The Bertz CT molecular complexity index is 446. The van der Waals surface area contributed by atoms with Crippen molar-refractivity contribution in [2.24, 2.45) is 5.92 Å². The lowest BCUT2D eigenvalue weighted by atomic mass is 9.85. The van der Waals surface area contributed by atoms with Crippen molar-refractivity contribution in [2.45, 2.75) is 26.2 Å². The molecule has 2 rings (SSSR count). The van der Waals surface area contributed by atoms with Crippen LogP contribution in [0, 0.1) is 5.92 Å². The quantitative estimate of drug-likeness (QED) is 0.796. The minimum Gasteiger partial charge on any atom is -0.478 e. The third-order valence-corrected chi connectivity index (χ3v) is 3.76. The van der Waals surface area contributed by atoms with E-state index < -0.39 is 5.97 Å². The molecule has 0 atom stereocenters. The molecule has 0 bridgehead atoms. The molecule has 0 aliphatic heterocycles. The topological polar surface area (TPSA) is 40.5 Å². The molecule has 0 heterocycles. The van der Waals surface area contributed by atoms with Crippen LogP contribution in [-0.4, -0.2) is 24.2 Å². The Morgan fingerprint density at radius 2 is 2.05 bits per heavy atom.